The fourth-order valence-corrected chi connectivity index (χ4v) is 1.60. The van der Waals surface area contributed by atoms with Gasteiger partial charge in [0.05, 0.1) is 0 Å². The molecule has 1 fully saturated rings. The second-order valence-corrected chi connectivity index (χ2v) is 3.68. The molecule has 12 heavy (non-hydrogen) atoms. The first-order valence-corrected chi connectivity index (χ1v) is 4.81. The van der Waals surface area contributed by atoms with Crippen LogP contribution < -0.4 is 5.32 Å². The van der Waals surface area contributed by atoms with E-state index in [9.17, 15) is 0 Å². The maximum Gasteiger partial charge on any atom is 0.0168 e. The van der Waals surface area contributed by atoms with Gasteiger partial charge in [-0.2, -0.15) is 0 Å². The molecule has 1 aliphatic rings. The lowest BCUT2D eigenvalue weighted by Gasteiger charge is -2.27. The van der Waals surface area contributed by atoms with Gasteiger partial charge in [0.1, 0.15) is 0 Å². The summed E-state index contributed by atoms with van der Waals surface area (Å²) >= 11 is 0. The molecular weight excluding hydrogens is 146 g/mol. The first-order chi connectivity index (χ1) is 5.66. The van der Waals surface area contributed by atoms with Crippen LogP contribution in [0.4, 0.5) is 0 Å². The predicted octanol–water partition coefficient (Wildman–Crippen LogP) is 2.86. The van der Waals surface area contributed by atoms with Crippen LogP contribution in [0.15, 0.2) is 23.4 Å². The molecule has 0 unspecified atom stereocenters. The Morgan fingerprint density at radius 2 is 2.17 bits per heavy atom. The molecule has 0 spiro atoms. The van der Waals surface area contributed by atoms with Crippen molar-refractivity contribution in [3.63, 3.8) is 0 Å². The van der Waals surface area contributed by atoms with Crippen molar-refractivity contribution in [3.8, 4) is 0 Å². The minimum Gasteiger partial charge on any atom is -0.388 e. The number of rotatable bonds is 3. The van der Waals surface area contributed by atoms with Crippen molar-refractivity contribution in [1.29, 1.82) is 0 Å². The summed E-state index contributed by atoms with van der Waals surface area (Å²) in [7, 11) is 0. The van der Waals surface area contributed by atoms with E-state index in [-0.39, 0.29) is 0 Å². The van der Waals surface area contributed by atoms with E-state index in [0.717, 1.165) is 6.54 Å². The number of nitrogens with one attached hydrogen (secondary N) is 1. The molecule has 0 aliphatic heterocycles. The minimum absolute atomic E-state index is 0.608. The predicted molar refractivity (Wildman–Crippen MR) is 53.9 cm³/mol. The van der Waals surface area contributed by atoms with E-state index in [1.54, 1.807) is 0 Å². The third-order valence-electron chi connectivity index (χ3n) is 2.37. The zero-order chi connectivity index (χ0) is 9.14. The van der Waals surface area contributed by atoms with Gasteiger partial charge in [0, 0.05) is 12.2 Å². The Hall–Kier alpha value is -0.720. The summed E-state index contributed by atoms with van der Waals surface area (Å²) < 4.78 is 0. The third kappa shape index (κ3) is 1.71. The van der Waals surface area contributed by atoms with Gasteiger partial charge in [-0.1, -0.05) is 20.4 Å². The molecule has 0 amide bonds. The molecule has 0 radical (unpaired) electrons. The largest absolute Gasteiger partial charge is 0.388 e. The van der Waals surface area contributed by atoms with Crippen LogP contribution in [-0.4, -0.2) is 6.54 Å². The molecule has 0 heterocycles. The van der Waals surface area contributed by atoms with Crippen molar-refractivity contribution in [2.24, 2.45) is 5.92 Å². The molecule has 1 aliphatic carbocycles. The fourth-order valence-electron chi connectivity index (χ4n) is 1.60. The van der Waals surface area contributed by atoms with Crippen molar-refractivity contribution < 1.29 is 0 Å². The molecule has 0 aromatic heterocycles. The van der Waals surface area contributed by atoms with Crippen LogP contribution in [0.3, 0.4) is 0 Å². The molecule has 0 aromatic carbocycles. The fraction of sp³-hybridized carbons (Fsp3) is 0.636. The number of hydrogen-bond acceptors (Lipinski definition) is 1. The summed E-state index contributed by atoms with van der Waals surface area (Å²) in [5, 5.41) is 3.43. The highest BCUT2D eigenvalue weighted by atomic mass is 14.9. The molecule has 0 bridgehead atoms. The Morgan fingerprint density at radius 3 is 2.42 bits per heavy atom. The molecule has 1 rings (SSSR count). The van der Waals surface area contributed by atoms with E-state index in [0.29, 0.717) is 5.92 Å². The monoisotopic (exact) mass is 165 g/mol. The second-order valence-electron chi connectivity index (χ2n) is 3.68. The van der Waals surface area contributed by atoms with Crippen LogP contribution in [0.2, 0.25) is 0 Å². The number of hydrogen-bond donors (Lipinski definition) is 1. The highest BCUT2D eigenvalue weighted by Crippen LogP contribution is 2.34. The molecule has 0 atom stereocenters. The molecule has 68 valence electrons. The molecule has 0 saturated heterocycles. The Kier molecular flexibility index (Phi) is 2.96. The quantitative estimate of drug-likeness (QED) is 0.678. The van der Waals surface area contributed by atoms with Gasteiger partial charge in [0.15, 0.2) is 0 Å². The summed E-state index contributed by atoms with van der Waals surface area (Å²) in [6.07, 6.45) is 2.41. The highest BCUT2D eigenvalue weighted by Gasteiger charge is 2.19. The van der Waals surface area contributed by atoms with E-state index in [1.807, 2.05) is 0 Å². The van der Waals surface area contributed by atoms with E-state index in [4.69, 9.17) is 0 Å². The van der Waals surface area contributed by atoms with Crippen molar-refractivity contribution in [3.05, 3.63) is 23.4 Å². The minimum atomic E-state index is 0.608. The van der Waals surface area contributed by atoms with Crippen LogP contribution in [0.25, 0.3) is 0 Å². The Morgan fingerprint density at radius 1 is 1.50 bits per heavy atom. The van der Waals surface area contributed by atoms with Gasteiger partial charge >= 0.3 is 0 Å². The summed E-state index contributed by atoms with van der Waals surface area (Å²) in [4.78, 5) is 0. The standard InChI is InChI=1S/C11H19N/c1-5-12-11(8(2)3)10-7-6-9(10)4/h8,12H,4-7H2,1-3H3/b11-10-. The van der Waals surface area contributed by atoms with Gasteiger partial charge in [-0.05, 0) is 36.8 Å². The highest BCUT2D eigenvalue weighted by molar-refractivity contribution is 5.41. The van der Waals surface area contributed by atoms with E-state index >= 15 is 0 Å². The van der Waals surface area contributed by atoms with E-state index < -0.39 is 0 Å². The van der Waals surface area contributed by atoms with Crippen LogP contribution in [0, 0.1) is 5.92 Å². The molecular formula is C11H19N. The summed E-state index contributed by atoms with van der Waals surface area (Å²) in [6.45, 7) is 11.7. The van der Waals surface area contributed by atoms with Gasteiger partial charge in [0.25, 0.3) is 0 Å². The molecule has 1 heteroatoms. The van der Waals surface area contributed by atoms with Gasteiger partial charge in [-0.15, -0.1) is 0 Å². The summed E-state index contributed by atoms with van der Waals surface area (Å²) in [6, 6.07) is 0. The van der Waals surface area contributed by atoms with Gasteiger partial charge in [-0.3, -0.25) is 0 Å². The van der Waals surface area contributed by atoms with Crippen molar-refractivity contribution in [1.82, 2.24) is 5.32 Å². The van der Waals surface area contributed by atoms with Crippen molar-refractivity contribution >= 4 is 0 Å². The molecule has 0 aromatic rings. The lowest BCUT2D eigenvalue weighted by atomic mass is 9.83. The van der Waals surface area contributed by atoms with Gasteiger partial charge < -0.3 is 5.32 Å². The number of allylic oxidation sites excluding steroid dienone is 3. The second kappa shape index (κ2) is 3.79. The normalized spacial score (nSPS) is 20.8. The van der Waals surface area contributed by atoms with Crippen LogP contribution in [0.5, 0.6) is 0 Å². The zero-order valence-corrected chi connectivity index (χ0v) is 8.41. The molecule has 1 saturated carbocycles. The molecule has 1 nitrogen and oxygen atoms in total. The Balaban J connectivity index is 2.76. The van der Waals surface area contributed by atoms with Crippen molar-refractivity contribution in [2.75, 3.05) is 6.54 Å². The van der Waals surface area contributed by atoms with E-state index in [2.05, 4.69) is 32.7 Å². The van der Waals surface area contributed by atoms with E-state index in [1.165, 1.54) is 29.7 Å². The summed E-state index contributed by atoms with van der Waals surface area (Å²) in [5.41, 5.74) is 4.22. The van der Waals surface area contributed by atoms with Crippen LogP contribution in [-0.2, 0) is 0 Å². The average Bonchev–Trinajstić information content (AvgIpc) is 2.01. The lowest BCUT2D eigenvalue weighted by molar-refractivity contribution is 0.630. The van der Waals surface area contributed by atoms with Gasteiger partial charge in [-0.25, -0.2) is 0 Å². The first-order valence-electron chi connectivity index (χ1n) is 4.81. The lowest BCUT2D eigenvalue weighted by Crippen LogP contribution is -2.22. The smallest absolute Gasteiger partial charge is 0.0168 e. The Bertz CT molecular complexity index is 211. The molecule has 1 N–H and O–H groups in total. The maximum atomic E-state index is 4.03. The first kappa shape index (κ1) is 9.37. The van der Waals surface area contributed by atoms with Crippen molar-refractivity contribution in [2.45, 2.75) is 33.6 Å². The summed E-state index contributed by atoms with van der Waals surface area (Å²) in [5.74, 6) is 0.608. The van der Waals surface area contributed by atoms with Crippen LogP contribution in [0.1, 0.15) is 33.6 Å². The SMILES string of the molecule is C=C1CC/C1=C(/NCC)C(C)C. The van der Waals surface area contributed by atoms with Gasteiger partial charge in [0.2, 0.25) is 0 Å². The zero-order valence-electron chi connectivity index (χ0n) is 8.41. The average molecular weight is 165 g/mol. The topological polar surface area (TPSA) is 12.0 Å². The maximum absolute atomic E-state index is 4.03. The van der Waals surface area contributed by atoms with Crippen LogP contribution >= 0.6 is 0 Å². The Labute approximate surface area is 75.6 Å². The third-order valence-corrected chi connectivity index (χ3v) is 2.37.